The number of carbonyl (C=O) groups excluding carboxylic acids is 2. The van der Waals surface area contributed by atoms with E-state index in [1.54, 1.807) is 43.3 Å². The third kappa shape index (κ3) is 6.66. The summed E-state index contributed by atoms with van der Waals surface area (Å²) in [5.41, 5.74) is 2.37. The Balaban J connectivity index is 1.92. The third-order valence-corrected chi connectivity index (χ3v) is 4.39. The first-order chi connectivity index (χ1) is 13.8. The smallest absolute Gasteiger partial charge is 0.349 e. The van der Waals surface area contributed by atoms with E-state index in [9.17, 15) is 14.9 Å². The number of anilines is 1. The molecule has 1 N–H and O–H groups in total. The van der Waals surface area contributed by atoms with Crippen LogP contribution in [0, 0.1) is 11.3 Å². The van der Waals surface area contributed by atoms with Crippen LogP contribution < -0.4 is 10.2 Å². The molecule has 6 nitrogen and oxygen atoms in total. The average molecular weight is 412 g/mol. The fourth-order valence-corrected chi connectivity index (χ4v) is 2.62. The van der Waals surface area contributed by atoms with Crippen molar-refractivity contribution < 1.29 is 14.3 Å². The van der Waals surface area contributed by atoms with Crippen molar-refractivity contribution in [2.24, 2.45) is 0 Å². The van der Waals surface area contributed by atoms with E-state index in [0.29, 0.717) is 10.6 Å². The molecule has 0 fully saturated rings. The minimum atomic E-state index is -0.849. The highest BCUT2D eigenvalue weighted by molar-refractivity contribution is 6.30. The van der Waals surface area contributed by atoms with Crippen molar-refractivity contribution in [3.05, 3.63) is 70.3 Å². The van der Waals surface area contributed by atoms with Crippen molar-refractivity contribution >= 4 is 35.2 Å². The minimum absolute atomic E-state index is 0.179. The van der Waals surface area contributed by atoms with Crippen LogP contribution in [-0.2, 0) is 14.3 Å². The molecule has 0 aliphatic carbocycles. The number of nitrogens with zero attached hydrogens (tertiary/aromatic N) is 2. The van der Waals surface area contributed by atoms with Gasteiger partial charge in [0, 0.05) is 24.8 Å². The lowest BCUT2D eigenvalue weighted by Crippen LogP contribution is -2.31. The number of hydrogen-bond donors (Lipinski definition) is 1. The summed E-state index contributed by atoms with van der Waals surface area (Å²) >= 11 is 5.85. The number of nitrogens with one attached hydrogen (secondary N) is 1. The molecule has 0 aliphatic rings. The molecule has 29 heavy (non-hydrogen) atoms. The zero-order valence-corrected chi connectivity index (χ0v) is 17.2. The van der Waals surface area contributed by atoms with Crippen molar-refractivity contribution in [2.45, 2.75) is 13.0 Å². The van der Waals surface area contributed by atoms with Crippen molar-refractivity contribution in [2.75, 3.05) is 25.6 Å². The molecule has 0 saturated carbocycles. The van der Waals surface area contributed by atoms with Gasteiger partial charge in [0.25, 0.3) is 5.91 Å². The van der Waals surface area contributed by atoms with Gasteiger partial charge in [0.1, 0.15) is 11.6 Å². The molecule has 2 rings (SSSR count). The van der Waals surface area contributed by atoms with Gasteiger partial charge in [0.2, 0.25) is 0 Å². The molecule has 0 saturated heterocycles. The van der Waals surface area contributed by atoms with Gasteiger partial charge in [0.05, 0.1) is 6.04 Å². The molecule has 150 valence electrons. The fourth-order valence-electron chi connectivity index (χ4n) is 2.50. The summed E-state index contributed by atoms with van der Waals surface area (Å²) in [6.07, 6.45) is 1.43. The number of hydrogen-bond acceptors (Lipinski definition) is 5. The van der Waals surface area contributed by atoms with Crippen molar-refractivity contribution in [1.82, 2.24) is 5.32 Å². The summed E-state index contributed by atoms with van der Waals surface area (Å²) < 4.78 is 4.98. The lowest BCUT2D eigenvalue weighted by molar-refractivity contribution is -0.144. The van der Waals surface area contributed by atoms with Crippen LogP contribution in [0.5, 0.6) is 0 Å². The molecule has 1 atom stereocenters. The molecular weight excluding hydrogens is 390 g/mol. The van der Waals surface area contributed by atoms with Gasteiger partial charge in [0.15, 0.2) is 6.61 Å². The Kier molecular flexibility index (Phi) is 7.81. The van der Waals surface area contributed by atoms with Gasteiger partial charge in [-0.3, -0.25) is 4.79 Å². The fraction of sp³-hybridized carbons (Fsp3) is 0.227. The number of halogens is 1. The quantitative estimate of drug-likeness (QED) is 0.426. The SMILES string of the molecule is C[C@H](NC(=O)COC(=O)/C(C#N)=C/c1ccc(N(C)C)cc1)c1ccc(Cl)cc1. The Labute approximate surface area is 175 Å². The Bertz CT molecular complexity index is 929. The maximum Gasteiger partial charge on any atom is 0.349 e. The molecular formula is C22H22ClN3O3. The second kappa shape index (κ2) is 10.3. The number of benzene rings is 2. The second-order valence-corrected chi connectivity index (χ2v) is 7.01. The van der Waals surface area contributed by atoms with E-state index in [4.69, 9.17) is 16.3 Å². The molecule has 1 amide bonds. The molecule has 0 heterocycles. The van der Waals surface area contributed by atoms with Gasteiger partial charge in [-0.15, -0.1) is 0 Å². The highest BCUT2D eigenvalue weighted by atomic mass is 35.5. The summed E-state index contributed by atoms with van der Waals surface area (Å²) in [5, 5.41) is 12.6. The normalized spacial score (nSPS) is 11.9. The zero-order valence-electron chi connectivity index (χ0n) is 16.5. The van der Waals surface area contributed by atoms with Gasteiger partial charge in [-0.2, -0.15) is 5.26 Å². The Morgan fingerprint density at radius 1 is 1.17 bits per heavy atom. The molecule has 2 aromatic rings. The summed E-state index contributed by atoms with van der Waals surface area (Å²) in [5.74, 6) is -1.31. The van der Waals surface area contributed by atoms with Crippen LogP contribution in [0.4, 0.5) is 5.69 Å². The Morgan fingerprint density at radius 3 is 2.34 bits per heavy atom. The molecule has 0 bridgehead atoms. The predicted molar refractivity (Wildman–Crippen MR) is 113 cm³/mol. The zero-order chi connectivity index (χ0) is 21.4. The van der Waals surface area contributed by atoms with E-state index in [2.05, 4.69) is 5.32 Å². The number of amides is 1. The van der Waals surface area contributed by atoms with Gasteiger partial charge in [-0.05, 0) is 48.4 Å². The summed E-state index contributed by atoms with van der Waals surface area (Å²) in [7, 11) is 3.84. The summed E-state index contributed by atoms with van der Waals surface area (Å²) in [6, 6.07) is 15.9. The van der Waals surface area contributed by atoms with E-state index in [-0.39, 0.29) is 11.6 Å². The van der Waals surface area contributed by atoms with E-state index in [0.717, 1.165) is 11.3 Å². The third-order valence-electron chi connectivity index (χ3n) is 4.14. The number of esters is 1. The van der Waals surface area contributed by atoms with Gasteiger partial charge < -0.3 is 15.0 Å². The number of carbonyl (C=O) groups is 2. The molecule has 7 heteroatoms. The maximum absolute atomic E-state index is 12.1. The lowest BCUT2D eigenvalue weighted by atomic mass is 10.1. The highest BCUT2D eigenvalue weighted by Crippen LogP contribution is 2.16. The van der Waals surface area contributed by atoms with Crippen LogP contribution >= 0.6 is 11.6 Å². The Morgan fingerprint density at radius 2 is 1.79 bits per heavy atom. The monoisotopic (exact) mass is 411 g/mol. The number of nitriles is 1. The largest absolute Gasteiger partial charge is 0.451 e. The van der Waals surface area contributed by atoms with Crippen molar-refractivity contribution in [1.29, 1.82) is 5.26 Å². The number of ether oxygens (including phenoxy) is 1. The first kappa shape index (κ1) is 22.0. The molecule has 2 aromatic carbocycles. The van der Waals surface area contributed by atoms with Gasteiger partial charge >= 0.3 is 5.97 Å². The Hall–Kier alpha value is -3.30. The van der Waals surface area contributed by atoms with Gasteiger partial charge in [-0.1, -0.05) is 35.9 Å². The molecule has 0 aromatic heterocycles. The first-order valence-electron chi connectivity index (χ1n) is 8.91. The molecule has 0 aliphatic heterocycles. The van der Waals surface area contributed by atoms with Crippen molar-refractivity contribution in [3.63, 3.8) is 0 Å². The average Bonchev–Trinajstić information content (AvgIpc) is 2.71. The van der Waals surface area contributed by atoms with Crippen molar-refractivity contribution in [3.8, 4) is 6.07 Å². The summed E-state index contributed by atoms with van der Waals surface area (Å²) in [4.78, 5) is 26.1. The summed E-state index contributed by atoms with van der Waals surface area (Å²) in [6.45, 7) is 1.33. The van der Waals surface area contributed by atoms with Crippen LogP contribution in [0.25, 0.3) is 6.08 Å². The minimum Gasteiger partial charge on any atom is -0.451 e. The van der Waals surface area contributed by atoms with E-state index >= 15 is 0 Å². The van der Waals surface area contributed by atoms with Crippen LogP contribution in [0.15, 0.2) is 54.1 Å². The molecule has 0 spiro atoms. The van der Waals surface area contributed by atoms with Crippen LogP contribution in [0.3, 0.4) is 0 Å². The predicted octanol–water partition coefficient (Wildman–Crippen LogP) is 3.73. The molecule has 0 radical (unpaired) electrons. The first-order valence-corrected chi connectivity index (χ1v) is 9.29. The van der Waals surface area contributed by atoms with Gasteiger partial charge in [-0.25, -0.2) is 4.79 Å². The van der Waals surface area contributed by atoms with Crippen LogP contribution in [-0.4, -0.2) is 32.6 Å². The topological polar surface area (TPSA) is 82.4 Å². The van der Waals surface area contributed by atoms with E-state index in [1.165, 1.54) is 6.08 Å². The highest BCUT2D eigenvalue weighted by Gasteiger charge is 2.15. The van der Waals surface area contributed by atoms with E-state index in [1.807, 2.05) is 37.2 Å². The maximum atomic E-state index is 12.1. The van der Waals surface area contributed by atoms with E-state index < -0.39 is 18.5 Å². The molecule has 0 unspecified atom stereocenters. The lowest BCUT2D eigenvalue weighted by Gasteiger charge is -2.14. The van der Waals surface area contributed by atoms with Crippen LogP contribution in [0.2, 0.25) is 5.02 Å². The standard InChI is InChI=1S/C22H22ClN3O3/c1-15(17-6-8-19(23)9-7-17)25-21(27)14-29-22(28)18(13-24)12-16-4-10-20(11-5-16)26(2)3/h4-12,15H,14H2,1-3H3,(H,25,27)/b18-12+/t15-/m0/s1. The second-order valence-electron chi connectivity index (χ2n) is 6.57. The van der Waals surface area contributed by atoms with Crippen LogP contribution in [0.1, 0.15) is 24.1 Å². The number of rotatable bonds is 7.